The van der Waals surface area contributed by atoms with Gasteiger partial charge in [-0.3, -0.25) is 4.79 Å². The van der Waals surface area contributed by atoms with E-state index in [1.54, 1.807) is 0 Å². The Labute approximate surface area is 87.1 Å². The van der Waals surface area contributed by atoms with Crippen molar-refractivity contribution in [2.75, 3.05) is 19.7 Å². The fourth-order valence-electron chi connectivity index (χ4n) is 1.45. The number of aliphatic hydroxyl groups excluding tert-OH is 1. The van der Waals surface area contributed by atoms with Crippen LogP contribution in [0.2, 0.25) is 0 Å². The van der Waals surface area contributed by atoms with Gasteiger partial charge in [-0.15, -0.1) is 0 Å². The summed E-state index contributed by atoms with van der Waals surface area (Å²) in [6.07, 6.45) is 4.16. The van der Waals surface area contributed by atoms with Crippen molar-refractivity contribution in [2.45, 2.75) is 46.0 Å². The van der Waals surface area contributed by atoms with E-state index >= 15 is 0 Å². The molecule has 0 spiro atoms. The first-order valence-electron chi connectivity index (χ1n) is 5.64. The average Bonchev–Trinajstić information content (AvgIpc) is 2.18. The number of hydrogen-bond acceptors (Lipinski definition) is 2. The topological polar surface area (TPSA) is 40.5 Å². The summed E-state index contributed by atoms with van der Waals surface area (Å²) in [7, 11) is 0. The maximum Gasteiger partial charge on any atom is 0.222 e. The van der Waals surface area contributed by atoms with Crippen molar-refractivity contribution in [1.29, 1.82) is 0 Å². The Bertz CT molecular complexity index is 142. The third-order valence-electron chi connectivity index (χ3n) is 2.14. The second kappa shape index (κ2) is 9.00. The van der Waals surface area contributed by atoms with Crippen LogP contribution in [0.25, 0.3) is 0 Å². The summed E-state index contributed by atoms with van der Waals surface area (Å²) in [4.78, 5) is 13.6. The standard InChI is InChI=1S/C11H23NO2/c1-3-8-12(9-4-2)11(14)7-5-6-10-13/h13H,3-10H2,1-2H3. The summed E-state index contributed by atoms with van der Waals surface area (Å²) >= 11 is 0. The van der Waals surface area contributed by atoms with Crippen molar-refractivity contribution >= 4 is 5.91 Å². The van der Waals surface area contributed by atoms with E-state index in [0.717, 1.165) is 38.8 Å². The highest BCUT2D eigenvalue weighted by Gasteiger charge is 2.10. The Morgan fingerprint density at radius 3 is 2.14 bits per heavy atom. The molecule has 0 fully saturated rings. The lowest BCUT2D eigenvalue weighted by Gasteiger charge is -2.21. The van der Waals surface area contributed by atoms with Gasteiger partial charge >= 0.3 is 0 Å². The Kier molecular flexibility index (Phi) is 8.64. The second-order valence-corrected chi connectivity index (χ2v) is 3.56. The Balaban J connectivity index is 3.76. The van der Waals surface area contributed by atoms with Crippen molar-refractivity contribution in [2.24, 2.45) is 0 Å². The maximum atomic E-state index is 11.6. The molecule has 1 N–H and O–H groups in total. The summed E-state index contributed by atoms with van der Waals surface area (Å²) in [5.41, 5.74) is 0. The Morgan fingerprint density at radius 2 is 1.71 bits per heavy atom. The molecule has 0 aliphatic rings. The van der Waals surface area contributed by atoms with Crippen molar-refractivity contribution in [3.63, 3.8) is 0 Å². The SMILES string of the molecule is CCCN(CCC)C(=O)CCCCO. The fraction of sp³-hybridized carbons (Fsp3) is 0.909. The number of carbonyl (C=O) groups excluding carboxylic acids is 1. The minimum Gasteiger partial charge on any atom is -0.396 e. The van der Waals surface area contributed by atoms with Crippen LogP contribution in [0.5, 0.6) is 0 Å². The zero-order chi connectivity index (χ0) is 10.8. The minimum atomic E-state index is 0.189. The number of nitrogens with zero attached hydrogens (tertiary/aromatic N) is 1. The molecular weight excluding hydrogens is 178 g/mol. The van der Waals surface area contributed by atoms with Crippen LogP contribution >= 0.6 is 0 Å². The van der Waals surface area contributed by atoms with E-state index in [2.05, 4.69) is 13.8 Å². The van der Waals surface area contributed by atoms with E-state index in [1.165, 1.54) is 0 Å². The highest BCUT2D eigenvalue weighted by molar-refractivity contribution is 5.76. The van der Waals surface area contributed by atoms with E-state index in [1.807, 2.05) is 4.90 Å². The van der Waals surface area contributed by atoms with Gasteiger partial charge in [-0.2, -0.15) is 0 Å². The van der Waals surface area contributed by atoms with Crippen LogP contribution in [0.4, 0.5) is 0 Å². The molecule has 84 valence electrons. The van der Waals surface area contributed by atoms with Gasteiger partial charge in [-0.25, -0.2) is 0 Å². The molecule has 3 nitrogen and oxygen atoms in total. The van der Waals surface area contributed by atoms with Crippen LogP contribution < -0.4 is 0 Å². The van der Waals surface area contributed by atoms with E-state index < -0.39 is 0 Å². The van der Waals surface area contributed by atoms with Crippen LogP contribution in [-0.4, -0.2) is 35.6 Å². The molecule has 0 atom stereocenters. The Morgan fingerprint density at radius 1 is 1.14 bits per heavy atom. The third-order valence-corrected chi connectivity index (χ3v) is 2.14. The predicted molar refractivity (Wildman–Crippen MR) is 58.1 cm³/mol. The summed E-state index contributed by atoms with van der Waals surface area (Å²) in [6.45, 7) is 6.10. The zero-order valence-corrected chi connectivity index (χ0v) is 9.46. The monoisotopic (exact) mass is 201 g/mol. The molecule has 0 aromatic rings. The maximum absolute atomic E-state index is 11.6. The van der Waals surface area contributed by atoms with Crippen LogP contribution in [0.15, 0.2) is 0 Å². The van der Waals surface area contributed by atoms with Gasteiger partial charge in [0.05, 0.1) is 0 Å². The molecule has 0 aromatic carbocycles. The quantitative estimate of drug-likeness (QED) is 0.608. The number of rotatable bonds is 8. The molecule has 0 saturated heterocycles. The largest absolute Gasteiger partial charge is 0.396 e. The van der Waals surface area contributed by atoms with Crippen molar-refractivity contribution < 1.29 is 9.90 Å². The van der Waals surface area contributed by atoms with E-state index in [9.17, 15) is 4.79 Å². The molecule has 0 aliphatic heterocycles. The first kappa shape index (κ1) is 13.4. The van der Waals surface area contributed by atoms with Gasteiger partial charge in [0.1, 0.15) is 0 Å². The lowest BCUT2D eigenvalue weighted by atomic mass is 10.2. The zero-order valence-electron chi connectivity index (χ0n) is 9.46. The van der Waals surface area contributed by atoms with Crippen molar-refractivity contribution in [3.05, 3.63) is 0 Å². The number of carbonyl (C=O) groups is 1. The number of aliphatic hydroxyl groups is 1. The molecule has 0 aromatic heterocycles. The minimum absolute atomic E-state index is 0.189. The lowest BCUT2D eigenvalue weighted by Crippen LogP contribution is -2.32. The van der Waals surface area contributed by atoms with Crippen LogP contribution in [-0.2, 0) is 4.79 Å². The van der Waals surface area contributed by atoms with Crippen LogP contribution in [0, 0.1) is 0 Å². The van der Waals surface area contributed by atoms with Crippen molar-refractivity contribution in [3.8, 4) is 0 Å². The Hall–Kier alpha value is -0.570. The molecule has 14 heavy (non-hydrogen) atoms. The first-order chi connectivity index (χ1) is 6.76. The van der Waals surface area contributed by atoms with Gasteiger partial charge in [0, 0.05) is 26.1 Å². The van der Waals surface area contributed by atoms with Gasteiger partial charge in [0.2, 0.25) is 5.91 Å². The predicted octanol–water partition coefficient (Wildman–Crippen LogP) is 1.80. The van der Waals surface area contributed by atoms with Gasteiger partial charge < -0.3 is 10.0 Å². The molecule has 0 aliphatic carbocycles. The highest BCUT2D eigenvalue weighted by Crippen LogP contribution is 2.02. The summed E-state index contributed by atoms with van der Waals surface area (Å²) < 4.78 is 0. The van der Waals surface area contributed by atoms with Gasteiger partial charge in [0.25, 0.3) is 0 Å². The molecular formula is C11H23NO2. The van der Waals surface area contributed by atoms with Gasteiger partial charge in [-0.05, 0) is 25.7 Å². The second-order valence-electron chi connectivity index (χ2n) is 3.56. The van der Waals surface area contributed by atoms with E-state index in [4.69, 9.17) is 5.11 Å². The average molecular weight is 201 g/mol. The van der Waals surface area contributed by atoms with Crippen LogP contribution in [0.3, 0.4) is 0 Å². The molecule has 1 amide bonds. The summed E-state index contributed by atoms with van der Waals surface area (Å²) in [5.74, 6) is 0.238. The molecule has 0 radical (unpaired) electrons. The highest BCUT2D eigenvalue weighted by atomic mass is 16.3. The summed E-state index contributed by atoms with van der Waals surface area (Å²) in [5, 5.41) is 8.60. The lowest BCUT2D eigenvalue weighted by molar-refractivity contribution is -0.131. The third kappa shape index (κ3) is 5.97. The smallest absolute Gasteiger partial charge is 0.222 e. The van der Waals surface area contributed by atoms with E-state index in [-0.39, 0.29) is 12.5 Å². The molecule has 0 bridgehead atoms. The fourth-order valence-corrected chi connectivity index (χ4v) is 1.45. The van der Waals surface area contributed by atoms with E-state index in [0.29, 0.717) is 6.42 Å². The molecule has 0 heterocycles. The normalized spacial score (nSPS) is 10.2. The summed E-state index contributed by atoms with van der Waals surface area (Å²) in [6, 6.07) is 0. The molecule has 0 rings (SSSR count). The number of hydrogen-bond donors (Lipinski definition) is 1. The number of unbranched alkanes of at least 4 members (excludes halogenated alkanes) is 1. The van der Waals surface area contributed by atoms with Gasteiger partial charge in [-0.1, -0.05) is 13.8 Å². The van der Waals surface area contributed by atoms with Gasteiger partial charge in [0.15, 0.2) is 0 Å². The number of amides is 1. The first-order valence-corrected chi connectivity index (χ1v) is 5.64. The van der Waals surface area contributed by atoms with Crippen LogP contribution in [0.1, 0.15) is 46.0 Å². The molecule has 0 unspecified atom stereocenters. The van der Waals surface area contributed by atoms with Crippen molar-refractivity contribution in [1.82, 2.24) is 4.90 Å². The molecule has 0 saturated carbocycles. The molecule has 3 heteroatoms.